The minimum absolute atomic E-state index is 0.0699. The first-order valence-corrected chi connectivity index (χ1v) is 5.92. The highest BCUT2D eigenvalue weighted by Crippen LogP contribution is 2.26. The van der Waals surface area contributed by atoms with Crippen LogP contribution in [0.25, 0.3) is 11.3 Å². The average molecular weight is 265 g/mol. The van der Waals surface area contributed by atoms with Gasteiger partial charge in [0.25, 0.3) is 0 Å². The Hall–Kier alpha value is -2.17. The number of aromatic carboxylic acids is 1. The van der Waals surface area contributed by atoms with Gasteiger partial charge in [-0.25, -0.2) is 13.6 Å². The van der Waals surface area contributed by atoms with E-state index >= 15 is 0 Å². The molecule has 2 rings (SSSR count). The van der Waals surface area contributed by atoms with E-state index in [2.05, 4.69) is 0 Å². The summed E-state index contributed by atoms with van der Waals surface area (Å²) < 4.78 is 28.5. The molecular formula is C14H13F2NO2. The third-order valence-corrected chi connectivity index (χ3v) is 2.85. The molecule has 1 heterocycles. The molecule has 0 saturated carbocycles. The smallest absolute Gasteiger partial charge is 0.352 e. The lowest BCUT2D eigenvalue weighted by Gasteiger charge is -2.11. The summed E-state index contributed by atoms with van der Waals surface area (Å²) in [6, 6.07) is 6.04. The molecule has 0 fully saturated rings. The molecule has 0 aliphatic carbocycles. The summed E-state index contributed by atoms with van der Waals surface area (Å²) in [5.74, 6) is -2.22. The van der Waals surface area contributed by atoms with Gasteiger partial charge in [-0.15, -0.1) is 0 Å². The van der Waals surface area contributed by atoms with Crippen molar-refractivity contribution >= 4 is 5.97 Å². The van der Waals surface area contributed by atoms with Gasteiger partial charge in [0.05, 0.1) is 5.69 Å². The van der Waals surface area contributed by atoms with Crippen molar-refractivity contribution in [3.63, 3.8) is 0 Å². The monoisotopic (exact) mass is 265 g/mol. The molecular weight excluding hydrogens is 252 g/mol. The number of carbonyl (C=O) groups is 1. The van der Waals surface area contributed by atoms with Crippen LogP contribution in [0.3, 0.4) is 0 Å². The largest absolute Gasteiger partial charge is 0.477 e. The lowest BCUT2D eigenvalue weighted by molar-refractivity contribution is 0.0685. The fraction of sp³-hybridized carbons (Fsp3) is 0.214. The normalized spacial score (nSPS) is 10.7. The van der Waals surface area contributed by atoms with Crippen molar-refractivity contribution in [3.8, 4) is 11.3 Å². The maximum absolute atomic E-state index is 13.8. The molecule has 100 valence electrons. The van der Waals surface area contributed by atoms with Crippen molar-refractivity contribution in [2.24, 2.45) is 0 Å². The molecule has 5 heteroatoms. The fourth-order valence-electron chi connectivity index (χ4n) is 2.05. The molecule has 1 N–H and O–H groups in total. The molecule has 0 aliphatic rings. The quantitative estimate of drug-likeness (QED) is 0.918. The van der Waals surface area contributed by atoms with Crippen LogP contribution in [0.2, 0.25) is 0 Å². The van der Waals surface area contributed by atoms with Crippen LogP contribution in [0.4, 0.5) is 8.78 Å². The highest BCUT2D eigenvalue weighted by molar-refractivity contribution is 5.87. The standard InChI is InChI=1S/C14H13F2NO2/c1-2-7-17-12(5-6-13(17)14(18)19)10-8-9(15)3-4-11(10)16/h3-6,8H,2,7H2,1H3,(H,18,19). The minimum atomic E-state index is -1.09. The Morgan fingerprint density at radius 2 is 2.00 bits per heavy atom. The first-order chi connectivity index (χ1) is 9.04. The van der Waals surface area contributed by atoms with E-state index in [0.717, 1.165) is 18.2 Å². The lowest BCUT2D eigenvalue weighted by Crippen LogP contribution is -2.09. The van der Waals surface area contributed by atoms with Crippen LogP contribution in [0.5, 0.6) is 0 Å². The Bertz CT molecular complexity index is 620. The Morgan fingerprint density at radius 1 is 1.26 bits per heavy atom. The molecule has 0 atom stereocenters. The van der Waals surface area contributed by atoms with Crippen molar-refractivity contribution in [3.05, 3.63) is 47.7 Å². The first kappa shape index (κ1) is 13.3. The van der Waals surface area contributed by atoms with Gasteiger partial charge in [-0.1, -0.05) is 6.92 Å². The van der Waals surface area contributed by atoms with E-state index in [1.54, 1.807) is 0 Å². The van der Waals surface area contributed by atoms with Crippen LogP contribution in [-0.4, -0.2) is 15.6 Å². The molecule has 1 aromatic carbocycles. The van der Waals surface area contributed by atoms with Gasteiger partial charge < -0.3 is 9.67 Å². The van der Waals surface area contributed by atoms with E-state index in [0.29, 0.717) is 18.7 Å². The number of hydrogen-bond donors (Lipinski definition) is 1. The lowest BCUT2D eigenvalue weighted by atomic mass is 10.1. The van der Waals surface area contributed by atoms with Crippen molar-refractivity contribution in [1.82, 2.24) is 4.57 Å². The van der Waals surface area contributed by atoms with Crippen LogP contribution in [0.1, 0.15) is 23.8 Å². The van der Waals surface area contributed by atoms with E-state index in [-0.39, 0.29) is 11.3 Å². The number of carboxylic acids is 1. The van der Waals surface area contributed by atoms with Crippen molar-refractivity contribution in [2.75, 3.05) is 0 Å². The second kappa shape index (κ2) is 5.22. The number of halogens is 2. The number of benzene rings is 1. The van der Waals surface area contributed by atoms with Crippen molar-refractivity contribution in [2.45, 2.75) is 19.9 Å². The van der Waals surface area contributed by atoms with Crippen molar-refractivity contribution in [1.29, 1.82) is 0 Å². The Balaban J connectivity index is 2.61. The van der Waals surface area contributed by atoms with E-state index in [1.807, 2.05) is 6.92 Å². The van der Waals surface area contributed by atoms with E-state index in [4.69, 9.17) is 5.11 Å². The summed E-state index contributed by atoms with van der Waals surface area (Å²) in [5.41, 5.74) is 0.512. The van der Waals surface area contributed by atoms with Crippen molar-refractivity contribution < 1.29 is 18.7 Å². The topological polar surface area (TPSA) is 42.2 Å². The molecule has 0 spiro atoms. The van der Waals surface area contributed by atoms with Crippen LogP contribution in [0.15, 0.2) is 30.3 Å². The Kier molecular flexibility index (Phi) is 3.64. The number of rotatable bonds is 4. The van der Waals surface area contributed by atoms with Gasteiger partial charge in [-0.05, 0) is 36.8 Å². The van der Waals surface area contributed by atoms with Gasteiger partial charge in [0.2, 0.25) is 0 Å². The highest BCUT2D eigenvalue weighted by atomic mass is 19.1. The SMILES string of the molecule is CCCn1c(C(=O)O)ccc1-c1cc(F)ccc1F. The van der Waals surface area contributed by atoms with Crippen LogP contribution in [-0.2, 0) is 6.54 Å². The average Bonchev–Trinajstić information content (AvgIpc) is 2.76. The fourth-order valence-corrected chi connectivity index (χ4v) is 2.05. The zero-order chi connectivity index (χ0) is 14.0. The zero-order valence-corrected chi connectivity index (χ0v) is 10.4. The molecule has 0 aliphatic heterocycles. The zero-order valence-electron chi connectivity index (χ0n) is 10.4. The predicted octanol–water partition coefficient (Wildman–Crippen LogP) is 3.54. The first-order valence-electron chi connectivity index (χ1n) is 5.92. The molecule has 0 unspecified atom stereocenters. The third-order valence-electron chi connectivity index (χ3n) is 2.85. The molecule has 2 aromatic rings. The second-order valence-electron chi connectivity index (χ2n) is 4.18. The van der Waals surface area contributed by atoms with Gasteiger partial charge in [-0.3, -0.25) is 0 Å². The summed E-state index contributed by atoms with van der Waals surface area (Å²) in [6.07, 6.45) is 0.693. The molecule has 1 aromatic heterocycles. The minimum Gasteiger partial charge on any atom is -0.477 e. The van der Waals surface area contributed by atoms with Gasteiger partial charge in [-0.2, -0.15) is 0 Å². The molecule has 0 bridgehead atoms. The number of hydrogen-bond acceptors (Lipinski definition) is 1. The highest BCUT2D eigenvalue weighted by Gasteiger charge is 2.17. The summed E-state index contributed by atoms with van der Waals surface area (Å²) >= 11 is 0. The summed E-state index contributed by atoms with van der Waals surface area (Å²) in [6.45, 7) is 2.32. The van der Waals surface area contributed by atoms with E-state index in [9.17, 15) is 13.6 Å². The summed E-state index contributed by atoms with van der Waals surface area (Å²) in [4.78, 5) is 11.1. The maximum Gasteiger partial charge on any atom is 0.352 e. The number of nitrogens with zero attached hydrogens (tertiary/aromatic N) is 1. The molecule has 3 nitrogen and oxygen atoms in total. The predicted molar refractivity (Wildman–Crippen MR) is 67.0 cm³/mol. The summed E-state index contributed by atoms with van der Waals surface area (Å²) in [7, 11) is 0. The number of carboxylic acid groups (broad SMARTS) is 1. The van der Waals surface area contributed by atoms with Gasteiger partial charge in [0.1, 0.15) is 17.3 Å². The second-order valence-corrected chi connectivity index (χ2v) is 4.18. The third kappa shape index (κ3) is 2.50. The van der Waals surface area contributed by atoms with Crippen LogP contribution < -0.4 is 0 Å². The Morgan fingerprint density at radius 3 is 2.63 bits per heavy atom. The van der Waals surface area contributed by atoms with Gasteiger partial charge in [0, 0.05) is 12.1 Å². The van der Waals surface area contributed by atoms with E-state index < -0.39 is 17.6 Å². The Labute approximate surface area is 109 Å². The number of aromatic nitrogens is 1. The molecule has 0 radical (unpaired) electrons. The molecule has 19 heavy (non-hydrogen) atoms. The molecule has 0 amide bonds. The molecule has 0 saturated heterocycles. The summed E-state index contributed by atoms with van der Waals surface area (Å²) in [5, 5.41) is 9.09. The van der Waals surface area contributed by atoms with Gasteiger partial charge >= 0.3 is 5.97 Å². The van der Waals surface area contributed by atoms with Crippen LogP contribution >= 0.6 is 0 Å². The van der Waals surface area contributed by atoms with Crippen LogP contribution in [0, 0.1) is 11.6 Å². The maximum atomic E-state index is 13.8. The van der Waals surface area contributed by atoms with Gasteiger partial charge in [0.15, 0.2) is 0 Å². The van der Waals surface area contributed by atoms with E-state index in [1.165, 1.54) is 16.7 Å².